The van der Waals surface area contributed by atoms with Gasteiger partial charge in [0.05, 0.1) is 30.6 Å². The third-order valence-electron chi connectivity index (χ3n) is 7.52. The number of anilines is 1. The lowest BCUT2D eigenvalue weighted by Gasteiger charge is -2.45. The van der Waals surface area contributed by atoms with E-state index in [1.807, 2.05) is 55.1 Å². The predicted molar refractivity (Wildman–Crippen MR) is 128 cm³/mol. The maximum Gasteiger partial charge on any atom is 0.308 e. The summed E-state index contributed by atoms with van der Waals surface area (Å²) in [5, 5.41) is 2.86. The van der Waals surface area contributed by atoms with Crippen molar-refractivity contribution in [3.63, 3.8) is 0 Å². The van der Waals surface area contributed by atoms with Gasteiger partial charge in [-0.05, 0) is 38.5 Å². The van der Waals surface area contributed by atoms with Crippen LogP contribution in [-0.4, -0.2) is 53.8 Å². The SMILES string of the molecule is CCOC(=O)C[C@]12C(=O)NCCN1[C@@H](c1ccc(C)cc1)[C@H]1C(=O)N(c3ccc(C)cc3)C(=O)[C@@H]12. The van der Waals surface area contributed by atoms with Gasteiger partial charge in [0.2, 0.25) is 17.7 Å². The Morgan fingerprint density at radius 2 is 1.63 bits per heavy atom. The summed E-state index contributed by atoms with van der Waals surface area (Å²) in [4.78, 5) is 57.5. The van der Waals surface area contributed by atoms with Gasteiger partial charge in [-0.25, -0.2) is 4.90 Å². The minimum absolute atomic E-state index is 0.161. The van der Waals surface area contributed by atoms with Crippen LogP contribution < -0.4 is 10.2 Å². The first-order valence-electron chi connectivity index (χ1n) is 12.0. The summed E-state index contributed by atoms with van der Waals surface area (Å²) in [6.45, 7) is 6.55. The number of carbonyl (C=O) groups excluding carboxylic acids is 4. The Balaban J connectivity index is 1.69. The number of aryl methyl sites for hydroxylation is 2. The first-order valence-corrected chi connectivity index (χ1v) is 12.0. The minimum atomic E-state index is -1.50. The van der Waals surface area contributed by atoms with E-state index in [1.165, 1.54) is 4.90 Å². The Bertz CT molecular complexity index is 1190. The number of imide groups is 1. The van der Waals surface area contributed by atoms with Crippen molar-refractivity contribution in [2.75, 3.05) is 24.6 Å². The van der Waals surface area contributed by atoms with Crippen molar-refractivity contribution in [1.29, 1.82) is 0 Å². The van der Waals surface area contributed by atoms with Crippen LogP contribution in [0.25, 0.3) is 0 Å². The second kappa shape index (κ2) is 8.61. The number of esters is 1. The number of fused-ring (bicyclic) bond motifs is 3. The number of ether oxygens (including phenoxy) is 1. The van der Waals surface area contributed by atoms with Gasteiger partial charge in [0, 0.05) is 19.1 Å². The van der Waals surface area contributed by atoms with Gasteiger partial charge in [0.15, 0.2) is 0 Å². The van der Waals surface area contributed by atoms with E-state index in [9.17, 15) is 19.2 Å². The van der Waals surface area contributed by atoms with Crippen LogP contribution in [0.3, 0.4) is 0 Å². The molecule has 0 aromatic heterocycles. The summed E-state index contributed by atoms with van der Waals surface area (Å²) in [5.74, 6) is -3.58. The van der Waals surface area contributed by atoms with E-state index in [1.54, 1.807) is 19.1 Å². The monoisotopic (exact) mass is 475 g/mol. The Hall–Kier alpha value is -3.52. The quantitative estimate of drug-likeness (QED) is 0.527. The lowest BCUT2D eigenvalue weighted by Crippen LogP contribution is -2.67. The molecule has 1 N–H and O–H groups in total. The number of amides is 3. The highest BCUT2D eigenvalue weighted by Gasteiger charge is 2.73. The number of carbonyl (C=O) groups is 4. The summed E-state index contributed by atoms with van der Waals surface area (Å²) in [7, 11) is 0. The Morgan fingerprint density at radius 3 is 2.26 bits per heavy atom. The molecular weight excluding hydrogens is 446 g/mol. The van der Waals surface area contributed by atoms with Gasteiger partial charge >= 0.3 is 5.97 Å². The molecule has 3 fully saturated rings. The second-order valence-electron chi connectivity index (χ2n) is 9.56. The van der Waals surface area contributed by atoms with Crippen molar-refractivity contribution in [1.82, 2.24) is 10.2 Å². The fourth-order valence-corrected chi connectivity index (χ4v) is 6.01. The zero-order valence-corrected chi connectivity index (χ0v) is 20.1. The third-order valence-corrected chi connectivity index (χ3v) is 7.52. The summed E-state index contributed by atoms with van der Waals surface area (Å²) in [5.41, 5.74) is 1.88. The average Bonchev–Trinajstić information content (AvgIpc) is 3.26. The maximum atomic E-state index is 14.0. The second-order valence-corrected chi connectivity index (χ2v) is 9.56. The van der Waals surface area contributed by atoms with Crippen LogP contribution in [0.2, 0.25) is 0 Å². The molecule has 0 aliphatic carbocycles. The minimum Gasteiger partial charge on any atom is -0.466 e. The molecule has 4 atom stereocenters. The molecule has 3 aliphatic rings. The highest BCUT2D eigenvalue weighted by Crippen LogP contribution is 2.57. The number of hydrogen-bond acceptors (Lipinski definition) is 6. The van der Waals surface area contributed by atoms with Crippen LogP contribution in [0.4, 0.5) is 5.69 Å². The Kier molecular flexibility index (Phi) is 5.71. The number of benzene rings is 2. The summed E-state index contributed by atoms with van der Waals surface area (Å²) in [6, 6.07) is 14.4. The van der Waals surface area contributed by atoms with Gasteiger partial charge in [-0.2, -0.15) is 0 Å². The fourth-order valence-electron chi connectivity index (χ4n) is 6.01. The van der Waals surface area contributed by atoms with Gasteiger partial charge < -0.3 is 10.1 Å². The van der Waals surface area contributed by atoms with E-state index in [2.05, 4.69) is 5.32 Å². The summed E-state index contributed by atoms with van der Waals surface area (Å²) >= 11 is 0. The standard InChI is InChI=1S/C27H29N3O5/c1-4-35-20(31)15-27-22-21(24(32)30(25(22)33)19-11-7-17(3)8-12-19)23(18-9-5-16(2)6-10-18)29(27)14-13-28-26(27)34/h5-12,21-23H,4,13-15H2,1-3H3,(H,28,34)/t21-,22+,23-,27-/m0/s1. The number of nitrogens with one attached hydrogen (secondary N) is 1. The highest BCUT2D eigenvalue weighted by molar-refractivity contribution is 6.24. The van der Waals surface area contributed by atoms with Crippen molar-refractivity contribution in [2.45, 2.75) is 38.8 Å². The molecule has 8 heteroatoms. The van der Waals surface area contributed by atoms with Gasteiger partial charge in [0.25, 0.3) is 0 Å². The number of rotatable bonds is 5. The number of piperazine rings is 1. The summed E-state index contributed by atoms with van der Waals surface area (Å²) < 4.78 is 5.23. The zero-order valence-electron chi connectivity index (χ0n) is 20.1. The molecular formula is C27H29N3O5. The first-order chi connectivity index (χ1) is 16.8. The van der Waals surface area contributed by atoms with Crippen molar-refractivity contribution in [3.05, 3.63) is 65.2 Å². The van der Waals surface area contributed by atoms with E-state index in [0.29, 0.717) is 18.8 Å². The normalized spacial score (nSPS) is 28.0. The molecule has 0 bridgehead atoms. The van der Waals surface area contributed by atoms with Gasteiger partial charge in [-0.15, -0.1) is 0 Å². The van der Waals surface area contributed by atoms with E-state index in [0.717, 1.165) is 16.7 Å². The summed E-state index contributed by atoms with van der Waals surface area (Å²) in [6.07, 6.45) is -0.295. The first kappa shape index (κ1) is 23.2. The van der Waals surface area contributed by atoms with Gasteiger partial charge in [-0.3, -0.25) is 24.1 Å². The molecule has 3 amide bonds. The predicted octanol–water partition coefficient (Wildman–Crippen LogP) is 2.29. The number of nitrogens with zero attached hydrogens (tertiary/aromatic N) is 2. The van der Waals surface area contributed by atoms with Crippen molar-refractivity contribution >= 4 is 29.4 Å². The lowest BCUT2D eigenvalue weighted by atomic mass is 9.76. The molecule has 2 aromatic rings. The lowest BCUT2D eigenvalue weighted by molar-refractivity contribution is -0.156. The van der Waals surface area contributed by atoms with Crippen LogP contribution in [0.5, 0.6) is 0 Å². The van der Waals surface area contributed by atoms with Crippen LogP contribution in [0.1, 0.15) is 36.1 Å². The van der Waals surface area contributed by atoms with Crippen molar-refractivity contribution in [3.8, 4) is 0 Å². The van der Waals surface area contributed by atoms with Crippen LogP contribution in [0, 0.1) is 25.7 Å². The van der Waals surface area contributed by atoms with Gasteiger partial charge in [-0.1, -0.05) is 47.5 Å². The smallest absolute Gasteiger partial charge is 0.308 e. The maximum absolute atomic E-state index is 14.0. The molecule has 3 aliphatic heterocycles. The molecule has 182 valence electrons. The molecule has 8 nitrogen and oxygen atoms in total. The molecule has 0 spiro atoms. The van der Waals surface area contributed by atoms with E-state index < -0.39 is 41.2 Å². The third kappa shape index (κ3) is 3.46. The molecule has 3 heterocycles. The largest absolute Gasteiger partial charge is 0.466 e. The Morgan fingerprint density at radius 1 is 1.00 bits per heavy atom. The van der Waals surface area contributed by atoms with Crippen LogP contribution in [0.15, 0.2) is 48.5 Å². The van der Waals surface area contributed by atoms with Crippen LogP contribution in [-0.2, 0) is 23.9 Å². The van der Waals surface area contributed by atoms with Crippen LogP contribution >= 0.6 is 0 Å². The molecule has 0 radical (unpaired) electrons. The molecule has 3 saturated heterocycles. The number of hydrogen-bond donors (Lipinski definition) is 1. The van der Waals surface area contributed by atoms with Gasteiger partial charge in [0.1, 0.15) is 5.54 Å². The van der Waals surface area contributed by atoms with E-state index in [4.69, 9.17) is 4.74 Å². The van der Waals surface area contributed by atoms with E-state index >= 15 is 0 Å². The fraction of sp³-hybridized carbons (Fsp3) is 0.407. The van der Waals surface area contributed by atoms with Crippen molar-refractivity contribution in [2.24, 2.45) is 11.8 Å². The average molecular weight is 476 g/mol. The molecule has 35 heavy (non-hydrogen) atoms. The molecule has 0 saturated carbocycles. The topological polar surface area (TPSA) is 96.0 Å². The highest BCUT2D eigenvalue weighted by atomic mass is 16.5. The zero-order chi connectivity index (χ0) is 24.9. The molecule has 5 rings (SSSR count). The Labute approximate surface area is 204 Å². The van der Waals surface area contributed by atoms with E-state index in [-0.39, 0.29) is 18.9 Å². The molecule has 2 aromatic carbocycles. The molecule has 0 unspecified atom stereocenters. The van der Waals surface area contributed by atoms with Crippen molar-refractivity contribution < 1.29 is 23.9 Å².